The molecule has 4 nitrogen and oxygen atoms in total. The van der Waals surface area contributed by atoms with E-state index in [4.69, 9.17) is 0 Å². The van der Waals surface area contributed by atoms with Gasteiger partial charge in [0.25, 0.3) is 0 Å². The van der Waals surface area contributed by atoms with Crippen molar-refractivity contribution < 1.29 is 4.79 Å². The van der Waals surface area contributed by atoms with Gasteiger partial charge in [-0.25, -0.2) is 4.98 Å². The largest absolute Gasteiger partial charge is 0.299 e. The molecular weight excluding hydrogens is 302 g/mol. The molecule has 0 saturated heterocycles. The first-order valence-corrected chi connectivity index (χ1v) is 8.27. The molecule has 0 radical (unpaired) electrons. The molecule has 0 atom stereocenters. The van der Waals surface area contributed by atoms with Crippen LogP contribution in [0.15, 0.2) is 35.4 Å². The molecule has 3 rings (SSSR count). The minimum atomic E-state index is 0.119. The number of nitrogens with zero attached hydrogens (tertiary/aromatic N) is 3. The van der Waals surface area contributed by atoms with Crippen LogP contribution in [-0.2, 0) is 4.79 Å². The summed E-state index contributed by atoms with van der Waals surface area (Å²) in [6.07, 6.45) is 0. The molecule has 0 aliphatic carbocycles. The Bertz CT molecular complexity index is 799. The van der Waals surface area contributed by atoms with Crippen molar-refractivity contribution in [1.29, 1.82) is 0 Å². The van der Waals surface area contributed by atoms with Crippen LogP contribution in [0.25, 0.3) is 21.5 Å². The van der Waals surface area contributed by atoms with E-state index in [-0.39, 0.29) is 5.78 Å². The zero-order valence-corrected chi connectivity index (χ0v) is 13.3. The zero-order valence-electron chi connectivity index (χ0n) is 11.7. The number of Topliss-reactive ketones (excluding diaryl/α,β-unsaturated/α-hetero) is 1. The van der Waals surface area contributed by atoms with Crippen LogP contribution in [0.2, 0.25) is 0 Å². The Hall–Kier alpha value is -1.79. The van der Waals surface area contributed by atoms with Crippen LogP contribution < -0.4 is 0 Å². The van der Waals surface area contributed by atoms with Gasteiger partial charge in [-0.1, -0.05) is 42.1 Å². The quantitative estimate of drug-likeness (QED) is 0.686. The number of thioether (sulfide) groups is 1. The first kappa shape index (κ1) is 14.2. The number of hydrogen-bond acceptors (Lipinski definition) is 6. The number of ketones is 1. The van der Waals surface area contributed by atoms with Gasteiger partial charge in [-0.15, -0.1) is 21.5 Å². The summed E-state index contributed by atoms with van der Waals surface area (Å²) in [4.78, 5) is 15.7. The van der Waals surface area contributed by atoms with Gasteiger partial charge in [-0.3, -0.25) is 4.79 Å². The van der Waals surface area contributed by atoms with Gasteiger partial charge < -0.3 is 0 Å². The summed E-state index contributed by atoms with van der Waals surface area (Å²) in [5.41, 5.74) is 2.72. The Balaban J connectivity index is 2.12. The average molecular weight is 315 g/mol. The van der Waals surface area contributed by atoms with E-state index in [2.05, 4.69) is 15.2 Å². The first-order chi connectivity index (χ1) is 10.1. The second-order valence-corrected chi connectivity index (χ2v) is 6.79. The number of rotatable bonds is 4. The molecule has 0 fully saturated rings. The van der Waals surface area contributed by atoms with Crippen LogP contribution in [0, 0.1) is 6.92 Å². The van der Waals surface area contributed by atoms with Crippen LogP contribution >= 0.6 is 23.1 Å². The summed E-state index contributed by atoms with van der Waals surface area (Å²) in [6, 6.07) is 9.97. The minimum absolute atomic E-state index is 0.119. The van der Waals surface area contributed by atoms with E-state index < -0.39 is 0 Å². The fourth-order valence-electron chi connectivity index (χ4n) is 1.97. The number of thiazole rings is 1. The summed E-state index contributed by atoms with van der Waals surface area (Å²) in [5, 5.41) is 10.3. The lowest BCUT2D eigenvalue weighted by atomic mass is 10.1. The molecule has 3 aromatic rings. The number of aryl methyl sites for hydroxylation is 1. The second-order valence-electron chi connectivity index (χ2n) is 4.62. The highest BCUT2D eigenvalue weighted by Crippen LogP contribution is 2.35. The molecule has 2 aromatic heterocycles. The molecule has 0 spiro atoms. The molecule has 0 amide bonds. The van der Waals surface area contributed by atoms with Gasteiger partial charge >= 0.3 is 0 Å². The number of benzene rings is 1. The van der Waals surface area contributed by atoms with Crippen molar-refractivity contribution in [2.24, 2.45) is 0 Å². The van der Waals surface area contributed by atoms with E-state index in [1.54, 1.807) is 18.3 Å². The maximum Gasteiger partial charge on any atom is 0.146 e. The molecule has 0 unspecified atom stereocenters. The number of aromatic nitrogens is 3. The Kier molecular flexibility index (Phi) is 3.98. The highest BCUT2D eigenvalue weighted by atomic mass is 32.2. The number of carbonyl (C=O) groups excluding carboxylic acids is 1. The molecule has 0 bridgehead atoms. The van der Waals surface area contributed by atoms with E-state index in [0.29, 0.717) is 5.75 Å². The maximum atomic E-state index is 11.2. The molecule has 1 aromatic carbocycles. The standard InChI is InChI=1S/C15H13N3OS2/c1-9(19)8-20-15-13-14(21-10(2)16-13)12(17-18-15)11-6-4-3-5-7-11/h3-7H,8H2,1-2H3. The van der Waals surface area contributed by atoms with Gasteiger partial charge in [0.05, 0.1) is 15.5 Å². The van der Waals surface area contributed by atoms with Gasteiger partial charge in [0.15, 0.2) is 0 Å². The fraction of sp³-hybridized carbons (Fsp3) is 0.200. The van der Waals surface area contributed by atoms with Crippen LogP contribution in [0.3, 0.4) is 0 Å². The molecule has 0 saturated carbocycles. The van der Waals surface area contributed by atoms with Crippen molar-refractivity contribution in [1.82, 2.24) is 15.2 Å². The smallest absolute Gasteiger partial charge is 0.146 e. The predicted molar refractivity (Wildman–Crippen MR) is 86.8 cm³/mol. The van der Waals surface area contributed by atoms with Crippen molar-refractivity contribution in [2.75, 3.05) is 5.75 Å². The van der Waals surface area contributed by atoms with Crippen molar-refractivity contribution in [3.8, 4) is 11.3 Å². The summed E-state index contributed by atoms with van der Waals surface area (Å²) >= 11 is 3.01. The van der Waals surface area contributed by atoms with Crippen LogP contribution in [-0.4, -0.2) is 26.7 Å². The van der Waals surface area contributed by atoms with Crippen LogP contribution in [0.1, 0.15) is 11.9 Å². The van der Waals surface area contributed by atoms with E-state index in [1.165, 1.54) is 11.8 Å². The van der Waals surface area contributed by atoms with Crippen molar-refractivity contribution >= 4 is 39.1 Å². The third kappa shape index (κ3) is 2.96. The van der Waals surface area contributed by atoms with Crippen molar-refractivity contribution in [3.05, 3.63) is 35.3 Å². The zero-order chi connectivity index (χ0) is 14.8. The highest BCUT2D eigenvalue weighted by molar-refractivity contribution is 8.00. The van der Waals surface area contributed by atoms with E-state index in [0.717, 1.165) is 31.5 Å². The summed E-state index contributed by atoms with van der Waals surface area (Å²) in [5.74, 6) is 0.513. The lowest BCUT2D eigenvalue weighted by molar-refractivity contribution is -0.114. The number of carbonyl (C=O) groups is 1. The molecular formula is C15H13N3OS2. The van der Waals surface area contributed by atoms with Crippen LogP contribution in [0.5, 0.6) is 0 Å². The predicted octanol–water partition coefficient (Wildman–Crippen LogP) is 3.74. The Morgan fingerprint density at radius 2 is 2.00 bits per heavy atom. The molecule has 106 valence electrons. The highest BCUT2D eigenvalue weighted by Gasteiger charge is 2.15. The van der Waals surface area contributed by atoms with Crippen molar-refractivity contribution in [2.45, 2.75) is 18.9 Å². The molecule has 6 heteroatoms. The summed E-state index contributed by atoms with van der Waals surface area (Å²) in [7, 11) is 0. The minimum Gasteiger partial charge on any atom is -0.299 e. The third-order valence-corrected chi connectivity index (χ3v) is 4.93. The lowest BCUT2D eigenvalue weighted by Gasteiger charge is -2.04. The van der Waals surface area contributed by atoms with Gasteiger partial charge in [0.2, 0.25) is 0 Å². The van der Waals surface area contributed by atoms with Crippen molar-refractivity contribution in [3.63, 3.8) is 0 Å². The van der Waals surface area contributed by atoms with E-state index in [1.807, 2.05) is 37.3 Å². The van der Waals surface area contributed by atoms with Gasteiger partial charge in [-0.05, 0) is 13.8 Å². The monoisotopic (exact) mass is 315 g/mol. The SMILES string of the molecule is CC(=O)CSc1nnc(-c2ccccc2)c2sc(C)nc12. The normalized spacial score (nSPS) is 11.0. The van der Waals surface area contributed by atoms with Crippen LogP contribution in [0.4, 0.5) is 0 Å². The number of fused-ring (bicyclic) bond motifs is 1. The van der Waals surface area contributed by atoms with Gasteiger partial charge in [-0.2, -0.15) is 0 Å². The molecule has 0 aliphatic heterocycles. The van der Waals surface area contributed by atoms with Gasteiger partial charge in [0, 0.05) is 5.56 Å². The number of hydrogen-bond donors (Lipinski definition) is 0. The summed E-state index contributed by atoms with van der Waals surface area (Å²) in [6.45, 7) is 3.54. The molecule has 0 aliphatic rings. The topological polar surface area (TPSA) is 55.7 Å². The first-order valence-electron chi connectivity index (χ1n) is 6.46. The Morgan fingerprint density at radius 1 is 1.24 bits per heavy atom. The average Bonchev–Trinajstić information content (AvgIpc) is 2.87. The molecule has 2 heterocycles. The summed E-state index contributed by atoms with van der Waals surface area (Å²) < 4.78 is 1.03. The lowest BCUT2D eigenvalue weighted by Crippen LogP contribution is -1.97. The Labute approximate surface area is 130 Å². The third-order valence-electron chi connectivity index (χ3n) is 2.85. The van der Waals surface area contributed by atoms with E-state index >= 15 is 0 Å². The van der Waals surface area contributed by atoms with E-state index in [9.17, 15) is 4.79 Å². The second kappa shape index (κ2) is 5.91. The fourth-order valence-corrected chi connectivity index (χ4v) is 3.69. The molecule has 21 heavy (non-hydrogen) atoms. The maximum absolute atomic E-state index is 11.2. The molecule has 0 N–H and O–H groups in total. The Morgan fingerprint density at radius 3 is 2.71 bits per heavy atom. The van der Waals surface area contributed by atoms with Gasteiger partial charge in [0.1, 0.15) is 22.0 Å².